The van der Waals surface area contributed by atoms with Gasteiger partial charge in [0, 0.05) is 113 Å². The molecule has 13 nitrogen and oxygen atoms in total. The zero-order valence-corrected chi connectivity index (χ0v) is 33.8. The van der Waals surface area contributed by atoms with E-state index >= 15 is 0 Å². The molecule has 0 saturated carbocycles. The number of hydrogen-bond acceptors (Lipinski definition) is 13. The summed E-state index contributed by atoms with van der Waals surface area (Å²) < 4.78 is 0. The highest BCUT2D eigenvalue weighted by molar-refractivity contribution is 6.70. The number of β-amino-alcohol motifs (C(OH)–C–C–N with tert-alkyl or cyclic N) is 2. The van der Waals surface area contributed by atoms with E-state index < -0.39 is 24.5 Å². The third-order valence-corrected chi connectivity index (χ3v) is 13.2. The molecular formula is C47H52N10O3. The van der Waals surface area contributed by atoms with Crippen LogP contribution in [0.5, 0.6) is 0 Å². The minimum absolute atomic E-state index is 0.0647. The van der Waals surface area contributed by atoms with Crippen LogP contribution in [0.4, 0.5) is 0 Å². The van der Waals surface area contributed by atoms with Gasteiger partial charge in [-0.2, -0.15) is 0 Å². The number of aromatic nitrogens is 2. The number of piperidine rings is 2. The summed E-state index contributed by atoms with van der Waals surface area (Å²) in [6.07, 6.45) is 15.8. The summed E-state index contributed by atoms with van der Waals surface area (Å²) in [6, 6.07) is 25.1. The number of hydrogen-bond donors (Lipinski definition) is 2. The van der Waals surface area contributed by atoms with Gasteiger partial charge in [0.05, 0.1) is 12.2 Å². The lowest BCUT2D eigenvalue weighted by Crippen LogP contribution is -2.58. The van der Waals surface area contributed by atoms with E-state index in [1.807, 2.05) is 36.7 Å². The van der Waals surface area contributed by atoms with Crippen molar-refractivity contribution in [1.82, 2.24) is 39.8 Å². The molecule has 8 heterocycles. The number of rotatable bonds is 8. The first-order chi connectivity index (χ1) is 29.5. The fourth-order valence-electron chi connectivity index (χ4n) is 10.0. The van der Waals surface area contributed by atoms with Gasteiger partial charge in [-0.15, -0.1) is 0 Å². The summed E-state index contributed by atoms with van der Waals surface area (Å²) in [5, 5.41) is 31.6. The molecule has 4 aromatic rings. The van der Waals surface area contributed by atoms with Crippen molar-refractivity contribution in [2.24, 2.45) is 9.98 Å². The second-order valence-electron chi connectivity index (χ2n) is 16.7. The van der Waals surface area contributed by atoms with Crippen LogP contribution in [0.3, 0.4) is 0 Å². The van der Waals surface area contributed by atoms with E-state index in [2.05, 4.69) is 88.3 Å². The number of fused-ring (bicyclic) bond motifs is 2. The zero-order valence-electron chi connectivity index (χ0n) is 33.8. The van der Waals surface area contributed by atoms with Crippen molar-refractivity contribution in [3.8, 4) is 0 Å². The number of aliphatic imine (C=N–C) groups is 2. The number of aliphatic hydroxyl groups excluding tert-OH is 2. The van der Waals surface area contributed by atoms with E-state index in [0.717, 1.165) is 76.1 Å². The number of ketones is 1. The van der Waals surface area contributed by atoms with E-state index in [1.165, 1.54) is 22.3 Å². The summed E-state index contributed by atoms with van der Waals surface area (Å²) in [4.78, 5) is 38.0. The van der Waals surface area contributed by atoms with Gasteiger partial charge in [-0.05, 0) is 84.4 Å². The molecule has 2 saturated heterocycles. The van der Waals surface area contributed by atoms with Crippen LogP contribution in [0.25, 0.3) is 0 Å². The van der Waals surface area contributed by atoms with Crippen LogP contribution in [0.15, 0.2) is 132 Å². The van der Waals surface area contributed by atoms with Gasteiger partial charge < -0.3 is 10.2 Å². The molecule has 10 rings (SSSR count). The number of hydrazine groups is 2. The van der Waals surface area contributed by atoms with E-state index in [9.17, 15) is 15.0 Å². The average Bonchev–Trinajstić information content (AvgIpc) is 3.31. The van der Waals surface area contributed by atoms with Crippen LogP contribution < -0.4 is 0 Å². The normalized spacial score (nSPS) is 27.8. The highest BCUT2D eigenvalue weighted by Gasteiger charge is 2.40. The number of Topliss-reactive ketones (excluding diaryl/α,β-unsaturated/α-hetero) is 1. The number of benzene rings is 2. The minimum Gasteiger partial charge on any atom is -0.390 e. The summed E-state index contributed by atoms with van der Waals surface area (Å²) in [5.41, 5.74) is 7.88. The second kappa shape index (κ2) is 16.9. The van der Waals surface area contributed by atoms with E-state index in [-0.39, 0.29) is 17.9 Å². The topological polar surface area (TPSA) is 127 Å². The monoisotopic (exact) mass is 804 g/mol. The van der Waals surface area contributed by atoms with E-state index in [1.54, 1.807) is 36.9 Å². The van der Waals surface area contributed by atoms with Crippen LogP contribution in [-0.4, -0.2) is 131 Å². The molecule has 2 fully saturated rings. The Kier molecular flexibility index (Phi) is 10.9. The van der Waals surface area contributed by atoms with Crippen molar-refractivity contribution in [3.63, 3.8) is 0 Å². The largest absolute Gasteiger partial charge is 0.390 e. The maximum atomic E-state index is 14.4. The van der Waals surface area contributed by atoms with Crippen molar-refractivity contribution in [3.05, 3.63) is 156 Å². The Morgan fingerprint density at radius 3 is 1.38 bits per heavy atom. The molecule has 0 amide bonds. The van der Waals surface area contributed by atoms with E-state index in [0.29, 0.717) is 24.5 Å². The molecule has 0 aliphatic carbocycles. The molecule has 308 valence electrons. The Bertz CT molecular complexity index is 2140. The first kappa shape index (κ1) is 38.8. The predicted molar refractivity (Wildman–Crippen MR) is 229 cm³/mol. The number of nitrogens with zero attached hydrogens (tertiary/aromatic N) is 10. The molecule has 0 bridgehead atoms. The van der Waals surface area contributed by atoms with Gasteiger partial charge in [0.2, 0.25) is 5.78 Å². The molecule has 0 spiro atoms. The first-order valence-electron chi connectivity index (χ1n) is 21.4. The number of allylic oxidation sites excluding steroid dienone is 2. The summed E-state index contributed by atoms with van der Waals surface area (Å²) in [7, 11) is 0. The molecule has 60 heavy (non-hydrogen) atoms. The SMILES string of the molecule is O=C(C1=NC(c2ccncc2)N(N2CC[C@@H](N3CCc4ccccc4C3)[C@H](O)C2)C=C1)C1=NC(c2ccncc2)N(N2CC[C@@H](N3CCc4ccccc4C3)[C@H](O)C2)C=C1. The van der Waals surface area contributed by atoms with Crippen LogP contribution in [0.2, 0.25) is 0 Å². The zero-order chi connectivity index (χ0) is 40.6. The number of carbonyl (C=O) groups is 1. The Hall–Kier alpha value is -5.41. The molecule has 6 atom stereocenters. The number of carbonyl (C=O) groups excluding carboxylic acids is 1. The van der Waals surface area contributed by atoms with Crippen LogP contribution in [0.1, 0.15) is 58.6 Å². The van der Waals surface area contributed by atoms with Crippen LogP contribution in [-0.2, 0) is 30.7 Å². The smallest absolute Gasteiger partial charge is 0.229 e. The van der Waals surface area contributed by atoms with Gasteiger partial charge in [0.15, 0.2) is 12.3 Å². The fourth-order valence-corrected chi connectivity index (χ4v) is 10.0. The van der Waals surface area contributed by atoms with Gasteiger partial charge >= 0.3 is 0 Å². The Morgan fingerprint density at radius 2 is 0.967 bits per heavy atom. The van der Waals surface area contributed by atoms with Crippen LogP contribution >= 0.6 is 0 Å². The fraction of sp³-hybridized carbons (Fsp3) is 0.383. The van der Waals surface area contributed by atoms with Gasteiger partial charge in [0.25, 0.3) is 0 Å². The van der Waals surface area contributed by atoms with Crippen molar-refractivity contribution >= 4 is 17.2 Å². The molecule has 2 unspecified atom stereocenters. The lowest BCUT2D eigenvalue weighted by Gasteiger charge is -2.48. The van der Waals surface area contributed by atoms with Gasteiger partial charge in [-0.1, -0.05) is 48.5 Å². The third-order valence-electron chi connectivity index (χ3n) is 13.2. The molecule has 0 radical (unpaired) electrons. The quantitative estimate of drug-likeness (QED) is 0.268. The molecule has 2 aromatic heterocycles. The maximum Gasteiger partial charge on any atom is 0.229 e. The maximum absolute atomic E-state index is 14.4. The third kappa shape index (κ3) is 7.73. The molecule has 13 heteroatoms. The van der Waals surface area contributed by atoms with Gasteiger partial charge in [-0.25, -0.2) is 10.0 Å². The highest BCUT2D eigenvalue weighted by Crippen LogP contribution is 2.34. The lowest BCUT2D eigenvalue weighted by molar-refractivity contribution is -0.109. The van der Waals surface area contributed by atoms with Crippen molar-refractivity contribution in [1.29, 1.82) is 0 Å². The lowest BCUT2D eigenvalue weighted by atomic mass is 9.94. The van der Waals surface area contributed by atoms with Crippen LogP contribution in [0, 0.1) is 0 Å². The second-order valence-corrected chi connectivity index (χ2v) is 16.7. The summed E-state index contributed by atoms with van der Waals surface area (Å²) in [6.45, 7) is 5.95. The van der Waals surface area contributed by atoms with E-state index in [4.69, 9.17) is 9.98 Å². The Labute approximate surface area is 351 Å². The first-order valence-corrected chi connectivity index (χ1v) is 21.4. The van der Waals surface area contributed by atoms with Gasteiger partial charge in [-0.3, -0.25) is 44.6 Å². The minimum atomic E-state index is -0.550. The molecule has 2 N–H and O–H groups in total. The number of aliphatic hydroxyl groups is 2. The average molecular weight is 805 g/mol. The summed E-state index contributed by atoms with van der Waals surface area (Å²) in [5.74, 6) is -0.270. The Balaban J connectivity index is 0.850. The van der Waals surface area contributed by atoms with Crippen molar-refractivity contribution in [2.45, 2.75) is 75.4 Å². The Morgan fingerprint density at radius 1 is 0.550 bits per heavy atom. The predicted octanol–water partition coefficient (Wildman–Crippen LogP) is 4.10. The van der Waals surface area contributed by atoms with Crippen molar-refractivity contribution in [2.75, 3.05) is 39.3 Å². The summed E-state index contributed by atoms with van der Waals surface area (Å²) >= 11 is 0. The molecule has 6 aliphatic heterocycles. The molecular weight excluding hydrogens is 753 g/mol. The molecule has 2 aromatic carbocycles. The highest BCUT2D eigenvalue weighted by atomic mass is 16.3. The standard InChI is InChI=1S/C47H52N10O3/c58-43-31-54(25-17-41(43)52-23-13-33-5-1-3-7-37(33)29-52)56-27-15-39(50-46(56)35-9-19-48-20-10-35)45(60)40-16-28-57(47(51-40)36-11-21-49-22-12-36)55-26-18-42(44(59)32-55)53-24-14-34-6-2-4-8-38(34)30-53/h1-12,15-16,19-22,27-28,41-44,46-47,58-59H,13-14,17-18,23-26,29-32H2/t41-,42-,43-,44-,46?,47?/m1/s1. The van der Waals surface area contributed by atoms with Crippen molar-refractivity contribution < 1.29 is 15.0 Å². The molecule has 6 aliphatic rings. The van der Waals surface area contributed by atoms with Gasteiger partial charge in [0.1, 0.15) is 11.4 Å². The number of pyridine rings is 2.